The molecule has 1 atom stereocenters. The van der Waals surface area contributed by atoms with E-state index in [0.717, 1.165) is 38.9 Å². The van der Waals surface area contributed by atoms with Crippen molar-refractivity contribution in [2.75, 3.05) is 6.61 Å². The third-order valence-corrected chi connectivity index (χ3v) is 6.70. The van der Waals surface area contributed by atoms with E-state index in [4.69, 9.17) is 18.7 Å². The van der Waals surface area contributed by atoms with E-state index in [2.05, 4.69) is 58.8 Å². The van der Waals surface area contributed by atoms with Crippen LogP contribution in [0.1, 0.15) is 52.0 Å². The molecule has 0 aliphatic rings. The molecule has 1 heterocycles. The number of ether oxygens (including phenoxy) is 1. The Kier molecular flexibility index (Phi) is 11.8. The van der Waals surface area contributed by atoms with Crippen molar-refractivity contribution in [2.45, 2.75) is 68.7 Å². The van der Waals surface area contributed by atoms with Crippen molar-refractivity contribution in [2.24, 2.45) is 0 Å². The van der Waals surface area contributed by atoms with Crippen molar-refractivity contribution in [1.29, 1.82) is 0 Å². The number of carbonyl (C=O) groups excluding carboxylic acids is 4. The summed E-state index contributed by atoms with van der Waals surface area (Å²) in [5.74, 6) is 0.130. The zero-order valence-electron chi connectivity index (χ0n) is 21.5. The monoisotopic (exact) mass is 524 g/mol. The summed E-state index contributed by atoms with van der Waals surface area (Å²) in [5.41, 5.74) is 1.98. The Hall–Kier alpha value is -3.68. The van der Waals surface area contributed by atoms with Gasteiger partial charge in [-0.3, -0.25) is 4.79 Å². The molecule has 37 heavy (non-hydrogen) atoms. The normalized spacial score (nSPS) is 11.9. The number of rotatable bonds is 11. The highest BCUT2D eigenvalue weighted by atomic mass is 32.2. The third kappa shape index (κ3) is 8.74. The van der Waals surface area contributed by atoms with Gasteiger partial charge in [0.2, 0.25) is 5.91 Å². The number of nitrogens with one attached hydrogen (secondary N) is 1. The van der Waals surface area contributed by atoms with Gasteiger partial charge in [-0.1, -0.05) is 49.9 Å². The molecular formula is C28H32N2O6S. The van der Waals surface area contributed by atoms with Crippen molar-refractivity contribution in [3.8, 4) is 11.3 Å². The van der Waals surface area contributed by atoms with Crippen molar-refractivity contribution >= 4 is 29.8 Å². The van der Waals surface area contributed by atoms with Crippen LogP contribution in [0.2, 0.25) is 0 Å². The fraction of sp³-hybridized carbons (Fsp3) is 0.357. The van der Waals surface area contributed by atoms with Crippen LogP contribution in [-0.2, 0) is 36.8 Å². The lowest BCUT2D eigenvalue weighted by Gasteiger charge is -2.31. The molecule has 1 N–H and O–H groups in total. The van der Waals surface area contributed by atoms with Gasteiger partial charge >= 0.3 is 12.1 Å². The minimum atomic E-state index is -1.00. The molecule has 0 saturated heterocycles. The lowest BCUT2D eigenvalue weighted by atomic mass is 9.88. The first-order chi connectivity index (χ1) is 17.8. The summed E-state index contributed by atoms with van der Waals surface area (Å²) in [6.45, 7) is 7.39. The minimum Gasteiger partial charge on any atom is -0.464 e. The quantitative estimate of drug-likeness (QED) is 0.338. The minimum absolute atomic E-state index is 0.234. The van der Waals surface area contributed by atoms with Crippen LogP contribution in [0, 0.1) is 0 Å². The molecule has 0 saturated carbocycles. The Labute approximate surface area is 221 Å². The number of esters is 1. The van der Waals surface area contributed by atoms with Gasteiger partial charge in [-0.2, -0.15) is 9.59 Å². The zero-order chi connectivity index (χ0) is 27.3. The SMILES string of the molecule is CCOC(=O)C(CC)(CCc1ccc(Sc2ccc(-c3coc(CC)n3)cc2)cc1)NC(C)=O.O=C=O. The van der Waals surface area contributed by atoms with E-state index in [1.165, 1.54) is 6.92 Å². The van der Waals surface area contributed by atoms with Crippen LogP contribution in [-0.4, -0.2) is 35.2 Å². The maximum absolute atomic E-state index is 12.6. The molecular weight excluding hydrogens is 492 g/mol. The van der Waals surface area contributed by atoms with E-state index in [1.54, 1.807) is 24.9 Å². The van der Waals surface area contributed by atoms with Crippen LogP contribution in [0.15, 0.2) is 69.0 Å². The largest absolute Gasteiger partial charge is 0.464 e. The van der Waals surface area contributed by atoms with Crippen molar-refractivity contribution < 1.29 is 28.3 Å². The number of aromatic nitrogens is 1. The number of carbonyl (C=O) groups is 2. The first kappa shape index (κ1) is 29.5. The van der Waals surface area contributed by atoms with Crippen LogP contribution >= 0.6 is 11.8 Å². The summed E-state index contributed by atoms with van der Waals surface area (Å²) in [4.78, 5) is 47.3. The molecule has 2 aromatic carbocycles. The van der Waals surface area contributed by atoms with E-state index in [9.17, 15) is 9.59 Å². The maximum Gasteiger partial charge on any atom is 0.373 e. The van der Waals surface area contributed by atoms with Crippen LogP contribution in [0.25, 0.3) is 11.3 Å². The Bertz CT molecular complexity index is 1180. The summed E-state index contributed by atoms with van der Waals surface area (Å²) >= 11 is 1.68. The van der Waals surface area contributed by atoms with Crippen molar-refractivity contribution in [3.63, 3.8) is 0 Å². The molecule has 3 aromatic rings. The topological polar surface area (TPSA) is 116 Å². The van der Waals surface area contributed by atoms with Crippen LogP contribution in [0.5, 0.6) is 0 Å². The summed E-state index contributed by atoms with van der Waals surface area (Å²) in [7, 11) is 0. The Balaban J connectivity index is 0.00000153. The van der Waals surface area contributed by atoms with E-state index < -0.39 is 5.54 Å². The van der Waals surface area contributed by atoms with E-state index in [1.807, 2.05) is 13.8 Å². The smallest absolute Gasteiger partial charge is 0.373 e. The molecule has 0 bridgehead atoms. The van der Waals surface area contributed by atoms with Gasteiger partial charge < -0.3 is 14.5 Å². The highest BCUT2D eigenvalue weighted by Crippen LogP contribution is 2.30. The fourth-order valence-corrected chi connectivity index (χ4v) is 4.57. The van der Waals surface area contributed by atoms with Crippen molar-refractivity contribution in [3.05, 3.63) is 66.2 Å². The maximum atomic E-state index is 12.6. The molecule has 0 spiro atoms. The predicted molar refractivity (Wildman–Crippen MR) is 139 cm³/mol. The summed E-state index contributed by atoms with van der Waals surface area (Å²) < 4.78 is 10.7. The molecule has 8 nitrogen and oxygen atoms in total. The first-order valence-electron chi connectivity index (χ1n) is 12.1. The Morgan fingerprint density at radius 1 is 1.03 bits per heavy atom. The second-order valence-corrected chi connectivity index (χ2v) is 9.32. The van der Waals surface area contributed by atoms with Gasteiger partial charge in [0.05, 0.1) is 6.61 Å². The number of hydrogen-bond donors (Lipinski definition) is 1. The van der Waals surface area contributed by atoms with Crippen LogP contribution in [0.3, 0.4) is 0 Å². The lowest BCUT2D eigenvalue weighted by molar-refractivity contribution is -0.191. The Morgan fingerprint density at radius 2 is 1.62 bits per heavy atom. The second-order valence-electron chi connectivity index (χ2n) is 8.17. The molecule has 1 aromatic heterocycles. The van der Waals surface area contributed by atoms with Gasteiger partial charge in [-0.15, -0.1) is 0 Å². The molecule has 0 aliphatic heterocycles. The number of aryl methyl sites for hydroxylation is 2. The number of nitrogens with zero attached hydrogens (tertiary/aromatic N) is 1. The standard InChI is InChI=1S/C27H32N2O4S.CO2/c1-5-25-28-24(18-33-25)21-10-14-23(15-11-21)34-22-12-8-20(9-13-22)16-17-27(6-2,29-19(4)30)26(31)32-7-3;2-1-3/h8-15,18H,5-7,16-17H2,1-4H3,(H,29,30);. The molecule has 3 rings (SSSR count). The van der Waals surface area contributed by atoms with E-state index in [-0.39, 0.29) is 24.6 Å². The van der Waals surface area contributed by atoms with Gasteiger partial charge in [-0.05, 0) is 56.0 Å². The van der Waals surface area contributed by atoms with Gasteiger partial charge in [0.15, 0.2) is 5.89 Å². The predicted octanol–water partition coefficient (Wildman–Crippen LogP) is 5.25. The van der Waals surface area contributed by atoms with E-state index >= 15 is 0 Å². The third-order valence-electron chi connectivity index (χ3n) is 5.69. The zero-order valence-corrected chi connectivity index (χ0v) is 22.4. The van der Waals surface area contributed by atoms with Gasteiger partial charge in [-0.25, -0.2) is 9.78 Å². The molecule has 1 unspecified atom stereocenters. The molecule has 0 fully saturated rings. The summed E-state index contributed by atoms with van der Waals surface area (Å²) in [6, 6.07) is 16.6. The molecule has 196 valence electrons. The molecule has 0 aliphatic carbocycles. The number of hydrogen-bond acceptors (Lipinski definition) is 8. The van der Waals surface area contributed by atoms with Gasteiger partial charge in [0.1, 0.15) is 17.5 Å². The molecule has 0 radical (unpaired) electrons. The number of oxazole rings is 1. The highest BCUT2D eigenvalue weighted by molar-refractivity contribution is 7.99. The number of benzene rings is 2. The number of amides is 1. The lowest BCUT2D eigenvalue weighted by Crippen LogP contribution is -2.54. The van der Waals surface area contributed by atoms with E-state index in [0.29, 0.717) is 19.3 Å². The summed E-state index contributed by atoms with van der Waals surface area (Å²) in [6.07, 6.45) is 4.34. The highest BCUT2D eigenvalue weighted by Gasteiger charge is 2.38. The summed E-state index contributed by atoms with van der Waals surface area (Å²) in [5, 5.41) is 2.83. The fourth-order valence-electron chi connectivity index (χ4n) is 3.75. The first-order valence-corrected chi connectivity index (χ1v) is 12.9. The van der Waals surface area contributed by atoms with Gasteiger partial charge in [0.25, 0.3) is 0 Å². The molecule has 9 heteroatoms. The second kappa shape index (κ2) is 14.8. The average molecular weight is 525 g/mol. The van der Waals surface area contributed by atoms with Gasteiger partial charge in [0, 0.05) is 28.7 Å². The van der Waals surface area contributed by atoms with Crippen LogP contribution < -0.4 is 5.32 Å². The van der Waals surface area contributed by atoms with Crippen LogP contribution in [0.4, 0.5) is 0 Å². The Morgan fingerprint density at radius 3 is 2.11 bits per heavy atom. The van der Waals surface area contributed by atoms with Crippen molar-refractivity contribution in [1.82, 2.24) is 10.3 Å². The average Bonchev–Trinajstić information content (AvgIpc) is 3.38. The molecule has 1 amide bonds.